The fourth-order valence-corrected chi connectivity index (χ4v) is 3.42. The highest BCUT2D eigenvalue weighted by Crippen LogP contribution is 2.27. The molecule has 21 heavy (non-hydrogen) atoms. The Morgan fingerprint density at radius 1 is 1.38 bits per heavy atom. The molecule has 0 aromatic heterocycles. The van der Waals surface area contributed by atoms with Crippen LogP contribution in [0.3, 0.4) is 0 Å². The maximum Gasteiger partial charge on any atom is 0.0535 e. The van der Waals surface area contributed by atoms with Crippen molar-refractivity contribution in [2.45, 2.75) is 38.8 Å². The predicted molar refractivity (Wildman–Crippen MR) is 88.5 cm³/mol. The van der Waals surface area contributed by atoms with Crippen molar-refractivity contribution in [1.29, 1.82) is 0 Å². The molecule has 2 rings (SSSR count). The van der Waals surface area contributed by atoms with Gasteiger partial charge in [-0.05, 0) is 24.8 Å². The topological polar surface area (TPSA) is 24.5 Å². The van der Waals surface area contributed by atoms with E-state index < -0.39 is 0 Å². The lowest BCUT2D eigenvalue weighted by atomic mass is 9.87. The Labute approximate surface area is 129 Å². The maximum atomic E-state index is 5.31. The molecule has 0 bridgehead atoms. The van der Waals surface area contributed by atoms with Crippen molar-refractivity contribution in [3.05, 3.63) is 35.9 Å². The number of ether oxygens (including phenoxy) is 1. The van der Waals surface area contributed by atoms with Gasteiger partial charge in [0, 0.05) is 39.4 Å². The van der Waals surface area contributed by atoms with Crippen molar-refractivity contribution in [3.63, 3.8) is 0 Å². The molecule has 1 aliphatic rings. The van der Waals surface area contributed by atoms with Crippen molar-refractivity contribution < 1.29 is 4.74 Å². The second-order valence-electron chi connectivity index (χ2n) is 6.63. The molecule has 3 atom stereocenters. The van der Waals surface area contributed by atoms with E-state index in [0.717, 1.165) is 26.2 Å². The number of nitrogens with one attached hydrogen (secondary N) is 1. The highest BCUT2D eigenvalue weighted by Gasteiger charge is 2.36. The zero-order valence-electron chi connectivity index (χ0n) is 13.9. The lowest BCUT2D eigenvalue weighted by Gasteiger charge is -2.47. The van der Waals surface area contributed by atoms with Crippen LogP contribution in [0.2, 0.25) is 0 Å². The van der Waals surface area contributed by atoms with Crippen LogP contribution in [0, 0.1) is 5.92 Å². The first kappa shape index (κ1) is 16.5. The Balaban J connectivity index is 2.10. The first-order chi connectivity index (χ1) is 10.1. The Morgan fingerprint density at radius 3 is 2.71 bits per heavy atom. The van der Waals surface area contributed by atoms with Crippen LogP contribution in [0.1, 0.15) is 32.8 Å². The highest BCUT2D eigenvalue weighted by atomic mass is 16.5. The van der Waals surface area contributed by atoms with Crippen molar-refractivity contribution >= 4 is 0 Å². The summed E-state index contributed by atoms with van der Waals surface area (Å²) in [5, 5.41) is 3.78. The maximum absolute atomic E-state index is 5.31. The molecular weight excluding hydrogens is 260 g/mol. The molecule has 0 saturated carbocycles. The zero-order chi connectivity index (χ0) is 15.3. The molecule has 3 heteroatoms. The highest BCUT2D eigenvalue weighted by molar-refractivity contribution is 5.25. The molecule has 3 unspecified atom stereocenters. The van der Waals surface area contributed by atoms with Gasteiger partial charge < -0.3 is 10.1 Å². The summed E-state index contributed by atoms with van der Waals surface area (Å²) in [6.07, 6.45) is 1.19. The second-order valence-corrected chi connectivity index (χ2v) is 6.63. The van der Waals surface area contributed by atoms with Gasteiger partial charge in [-0.1, -0.05) is 44.2 Å². The largest absolute Gasteiger partial charge is 0.384 e. The number of hydrogen-bond acceptors (Lipinski definition) is 3. The van der Waals surface area contributed by atoms with Crippen LogP contribution in [0.5, 0.6) is 0 Å². The van der Waals surface area contributed by atoms with E-state index in [2.05, 4.69) is 61.3 Å². The summed E-state index contributed by atoms with van der Waals surface area (Å²) in [5.41, 5.74) is 1.42. The van der Waals surface area contributed by atoms with Crippen molar-refractivity contribution in [1.82, 2.24) is 10.2 Å². The van der Waals surface area contributed by atoms with Crippen LogP contribution in [0.15, 0.2) is 30.3 Å². The number of piperazine rings is 1. The Morgan fingerprint density at radius 2 is 2.10 bits per heavy atom. The van der Waals surface area contributed by atoms with Gasteiger partial charge in [0.1, 0.15) is 0 Å². The molecule has 1 aromatic rings. The average molecular weight is 290 g/mol. The van der Waals surface area contributed by atoms with Crippen LogP contribution >= 0.6 is 0 Å². The number of nitrogens with zero attached hydrogens (tertiary/aromatic N) is 1. The normalized spacial score (nSPS) is 28.5. The molecule has 0 amide bonds. The van der Waals surface area contributed by atoms with E-state index >= 15 is 0 Å². The van der Waals surface area contributed by atoms with Gasteiger partial charge >= 0.3 is 0 Å². The van der Waals surface area contributed by atoms with E-state index in [-0.39, 0.29) is 5.54 Å². The molecule has 118 valence electrons. The molecule has 3 nitrogen and oxygen atoms in total. The Hall–Kier alpha value is -0.900. The Bertz CT molecular complexity index is 422. The third-order valence-corrected chi connectivity index (χ3v) is 4.64. The third kappa shape index (κ3) is 4.06. The summed E-state index contributed by atoms with van der Waals surface area (Å²) in [6.45, 7) is 10.9. The van der Waals surface area contributed by atoms with Crippen molar-refractivity contribution in [2.75, 3.05) is 33.4 Å². The molecule has 0 spiro atoms. The fourth-order valence-electron chi connectivity index (χ4n) is 3.42. The summed E-state index contributed by atoms with van der Waals surface area (Å²) in [5.74, 6) is 0.571. The molecule has 1 N–H and O–H groups in total. The zero-order valence-corrected chi connectivity index (χ0v) is 13.9. The van der Waals surface area contributed by atoms with Crippen molar-refractivity contribution in [2.24, 2.45) is 5.92 Å². The molecule has 0 aliphatic carbocycles. The van der Waals surface area contributed by atoms with E-state index in [4.69, 9.17) is 4.74 Å². The number of rotatable bonds is 6. The van der Waals surface area contributed by atoms with Gasteiger partial charge in [0.25, 0.3) is 0 Å². The molecule has 1 aliphatic heterocycles. The second kappa shape index (κ2) is 7.39. The minimum Gasteiger partial charge on any atom is -0.384 e. The first-order valence-corrected chi connectivity index (χ1v) is 8.12. The number of benzene rings is 1. The van der Waals surface area contributed by atoms with Gasteiger partial charge in [-0.15, -0.1) is 0 Å². The van der Waals surface area contributed by atoms with Crippen LogP contribution in [-0.4, -0.2) is 44.3 Å². The third-order valence-electron chi connectivity index (χ3n) is 4.64. The lowest BCUT2D eigenvalue weighted by Crippen LogP contribution is -2.61. The summed E-state index contributed by atoms with van der Waals surface area (Å²) < 4.78 is 5.31. The van der Waals surface area contributed by atoms with Gasteiger partial charge in [0.2, 0.25) is 0 Å². The van der Waals surface area contributed by atoms with Crippen LogP contribution in [0.4, 0.5) is 0 Å². The SMILES string of the molecule is CCC1CNC(C)(c2ccccc2)CN1CC(C)COC. The summed E-state index contributed by atoms with van der Waals surface area (Å²) in [4.78, 5) is 2.65. The quantitative estimate of drug-likeness (QED) is 0.872. The molecule has 1 aromatic carbocycles. The lowest BCUT2D eigenvalue weighted by molar-refractivity contribution is 0.0525. The molecule has 1 heterocycles. The molecular formula is C18H30N2O. The van der Waals surface area contributed by atoms with Gasteiger partial charge in [0.05, 0.1) is 5.54 Å². The minimum absolute atomic E-state index is 0.0414. The molecule has 0 radical (unpaired) electrons. The number of methoxy groups -OCH3 is 1. The van der Waals surface area contributed by atoms with E-state index in [1.807, 2.05) is 0 Å². The van der Waals surface area contributed by atoms with Crippen LogP contribution < -0.4 is 5.32 Å². The van der Waals surface area contributed by atoms with Crippen molar-refractivity contribution in [3.8, 4) is 0 Å². The van der Waals surface area contributed by atoms with Gasteiger partial charge in [0.15, 0.2) is 0 Å². The van der Waals surface area contributed by atoms with E-state index in [9.17, 15) is 0 Å². The van der Waals surface area contributed by atoms with Crippen LogP contribution in [0.25, 0.3) is 0 Å². The van der Waals surface area contributed by atoms with E-state index in [1.165, 1.54) is 12.0 Å². The van der Waals surface area contributed by atoms with Gasteiger partial charge in [-0.25, -0.2) is 0 Å². The van der Waals surface area contributed by atoms with Gasteiger partial charge in [-0.2, -0.15) is 0 Å². The monoisotopic (exact) mass is 290 g/mol. The summed E-state index contributed by atoms with van der Waals surface area (Å²) >= 11 is 0. The average Bonchev–Trinajstić information content (AvgIpc) is 2.49. The molecule has 1 saturated heterocycles. The Kier molecular flexibility index (Phi) is 5.80. The standard InChI is InChI=1S/C18H30N2O/c1-5-17-11-19-18(3,16-9-7-6-8-10-16)14-20(17)12-15(2)13-21-4/h6-10,15,17,19H,5,11-14H2,1-4H3. The smallest absolute Gasteiger partial charge is 0.0535 e. The van der Waals surface area contributed by atoms with E-state index in [0.29, 0.717) is 12.0 Å². The molecule has 1 fully saturated rings. The van der Waals surface area contributed by atoms with Gasteiger partial charge in [-0.3, -0.25) is 4.90 Å². The summed E-state index contributed by atoms with van der Waals surface area (Å²) in [7, 11) is 1.79. The van der Waals surface area contributed by atoms with E-state index in [1.54, 1.807) is 7.11 Å². The summed E-state index contributed by atoms with van der Waals surface area (Å²) in [6, 6.07) is 11.4. The fraction of sp³-hybridized carbons (Fsp3) is 0.667. The number of hydrogen-bond donors (Lipinski definition) is 1. The predicted octanol–water partition coefficient (Wildman–Crippen LogP) is 2.87. The first-order valence-electron chi connectivity index (χ1n) is 8.12. The van der Waals surface area contributed by atoms with Crippen LogP contribution in [-0.2, 0) is 10.3 Å². The minimum atomic E-state index is 0.0414.